The Bertz CT molecular complexity index is 636. The SMILES string of the molecule is CN(C)c1cccc(C(=O)N2N=C(C(F)F)C[C@@]2(O)C(F)F)c1. The highest BCUT2D eigenvalue weighted by atomic mass is 19.3. The summed E-state index contributed by atoms with van der Waals surface area (Å²) in [5.41, 5.74) is -3.47. The minimum atomic E-state index is -3.44. The smallest absolute Gasteiger partial charge is 0.287 e. The van der Waals surface area contributed by atoms with Crippen molar-refractivity contribution in [3.05, 3.63) is 29.8 Å². The number of hydrazone groups is 1. The summed E-state index contributed by atoms with van der Waals surface area (Å²) in [5, 5.41) is 13.2. The molecule has 1 aromatic rings. The van der Waals surface area contributed by atoms with Crippen molar-refractivity contribution in [2.24, 2.45) is 5.10 Å². The van der Waals surface area contributed by atoms with E-state index in [4.69, 9.17) is 0 Å². The summed E-state index contributed by atoms with van der Waals surface area (Å²) in [6, 6.07) is 5.91. The van der Waals surface area contributed by atoms with E-state index in [0.29, 0.717) is 5.69 Å². The fraction of sp³-hybridized carbons (Fsp3) is 0.429. The minimum absolute atomic E-state index is 0.0467. The van der Waals surface area contributed by atoms with Gasteiger partial charge in [-0.05, 0) is 18.2 Å². The fourth-order valence-electron chi connectivity index (χ4n) is 2.14. The molecule has 0 aromatic heterocycles. The normalized spacial score (nSPS) is 21.1. The molecule has 0 aliphatic carbocycles. The minimum Gasteiger partial charge on any atom is -0.378 e. The zero-order valence-corrected chi connectivity index (χ0v) is 12.4. The Morgan fingerprint density at radius 2 is 2.00 bits per heavy atom. The third-order valence-electron chi connectivity index (χ3n) is 3.44. The molecule has 0 bridgehead atoms. The molecule has 2 rings (SSSR count). The lowest BCUT2D eigenvalue weighted by Crippen LogP contribution is -2.51. The van der Waals surface area contributed by atoms with Crippen LogP contribution in [0.25, 0.3) is 0 Å². The molecule has 0 saturated heterocycles. The van der Waals surface area contributed by atoms with E-state index < -0.39 is 36.6 Å². The number of nitrogens with zero attached hydrogens (tertiary/aromatic N) is 3. The first-order valence-electron chi connectivity index (χ1n) is 6.65. The Balaban J connectivity index is 2.41. The number of hydrogen-bond donors (Lipinski definition) is 1. The molecule has 0 fully saturated rings. The molecule has 1 atom stereocenters. The molecule has 0 unspecified atom stereocenters. The maximum atomic E-state index is 13.1. The number of carbonyl (C=O) groups excluding carboxylic acids is 1. The molecular formula is C14H15F4N3O2. The van der Waals surface area contributed by atoms with Crippen LogP contribution in [0.3, 0.4) is 0 Å². The topological polar surface area (TPSA) is 56.1 Å². The summed E-state index contributed by atoms with van der Waals surface area (Å²) >= 11 is 0. The van der Waals surface area contributed by atoms with E-state index in [0.717, 1.165) is 0 Å². The Morgan fingerprint density at radius 1 is 1.35 bits per heavy atom. The van der Waals surface area contributed by atoms with Gasteiger partial charge in [-0.2, -0.15) is 10.1 Å². The molecular weight excluding hydrogens is 318 g/mol. The lowest BCUT2D eigenvalue weighted by Gasteiger charge is -2.30. The van der Waals surface area contributed by atoms with Gasteiger partial charge in [-0.3, -0.25) is 4.79 Å². The third-order valence-corrected chi connectivity index (χ3v) is 3.44. The average molecular weight is 333 g/mol. The van der Waals surface area contributed by atoms with Crippen LogP contribution in [0.15, 0.2) is 29.4 Å². The number of aliphatic hydroxyl groups is 1. The van der Waals surface area contributed by atoms with Crippen molar-refractivity contribution < 1.29 is 27.5 Å². The van der Waals surface area contributed by atoms with Crippen LogP contribution in [0.5, 0.6) is 0 Å². The van der Waals surface area contributed by atoms with Crippen LogP contribution in [0, 0.1) is 0 Å². The Hall–Kier alpha value is -2.16. The Kier molecular flexibility index (Phi) is 4.60. The molecule has 0 saturated carbocycles. The number of alkyl halides is 4. The maximum absolute atomic E-state index is 13.1. The van der Waals surface area contributed by atoms with E-state index in [1.54, 1.807) is 25.1 Å². The molecule has 5 nitrogen and oxygen atoms in total. The van der Waals surface area contributed by atoms with Crippen LogP contribution >= 0.6 is 0 Å². The van der Waals surface area contributed by atoms with E-state index in [2.05, 4.69) is 5.10 Å². The third kappa shape index (κ3) is 3.14. The summed E-state index contributed by atoms with van der Waals surface area (Å²) in [6.07, 6.45) is -7.67. The summed E-state index contributed by atoms with van der Waals surface area (Å²) in [6.45, 7) is 0. The highest BCUT2D eigenvalue weighted by Gasteiger charge is 2.53. The number of rotatable bonds is 4. The lowest BCUT2D eigenvalue weighted by molar-refractivity contribution is -0.164. The van der Waals surface area contributed by atoms with Gasteiger partial charge in [-0.15, -0.1) is 0 Å². The van der Waals surface area contributed by atoms with Crippen LogP contribution < -0.4 is 4.90 Å². The number of carbonyl (C=O) groups is 1. The predicted octanol–water partition coefficient (Wildman–Crippen LogP) is 2.17. The van der Waals surface area contributed by atoms with Crippen LogP contribution in [0.2, 0.25) is 0 Å². The molecule has 1 aliphatic rings. The predicted molar refractivity (Wildman–Crippen MR) is 75.9 cm³/mol. The van der Waals surface area contributed by atoms with Gasteiger partial charge in [-0.25, -0.2) is 17.6 Å². The largest absolute Gasteiger partial charge is 0.378 e. The quantitative estimate of drug-likeness (QED) is 0.859. The monoisotopic (exact) mass is 333 g/mol. The summed E-state index contributed by atoms with van der Waals surface area (Å²) < 4.78 is 51.7. The van der Waals surface area contributed by atoms with Crippen molar-refractivity contribution in [1.82, 2.24) is 5.01 Å². The second-order valence-corrected chi connectivity index (χ2v) is 5.31. The van der Waals surface area contributed by atoms with Gasteiger partial charge < -0.3 is 10.0 Å². The first-order valence-corrected chi connectivity index (χ1v) is 6.65. The number of anilines is 1. The number of amides is 1. The van der Waals surface area contributed by atoms with Crippen LogP contribution in [0.4, 0.5) is 23.2 Å². The highest BCUT2D eigenvalue weighted by molar-refractivity contribution is 5.99. The Labute approximate surface area is 129 Å². The first-order chi connectivity index (χ1) is 10.7. The highest BCUT2D eigenvalue weighted by Crippen LogP contribution is 2.34. The van der Waals surface area contributed by atoms with Crippen molar-refractivity contribution in [2.75, 3.05) is 19.0 Å². The Morgan fingerprint density at radius 3 is 2.52 bits per heavy atom. The van der Waals surface area contributed by atoms with Crippen molar-refractivity contribution in [3.63, 3.8) is 0 Å². The van der Waals surface area contributed by atoms with E-state index in [-0.39, 0.29) is 10.6 Å². The average Bonchev–Trinajstić information content (AvgIpc) is 2.86. The zero-order valence-electron chi connectivity index (χ0n) is 12.4. The van der Waals surface area contributed by atoms with Crippen molar-refractivity contribution >= 4 is 17.3 Å². The summed E-state index contributed by atoms with van der Waals surface area (Å²) in [5.74, 6) is -1.08. The van der Waals surface area contributed by atoms with Crippen LogP contribution in [-0.4, -0.2) is 54.4 Å². The van der Waals surface area contributed by atoms with Gasteiger partial charge in [0.2, 0.25) is 5.72 Å². The molecule has 0 radical (unpaired) electrons. The van der Waals surface area contributed by atoms with Gasteiger partial charge in [0.1, 0.15) is 5.71 Å². The van der Waals surface area contributed by atoms with Gasteiger partial charge in [0.05, 0.1) is 0 Å². The second-order valence-electron chi connectivity index (χ2n) is 5.31. The number of hydrogen-bond acceptors (Lipinski definition) is 4. The molecule has 23 heavy (non-hydrogen) atoms. The van der Waals surface area contributed by atoms with Crippen molar-refractivity contribution in [2.45, 2.75) is 25.0 Å². The first kappa shape index (κ1) is 17.2. The molecule has 126 valence electrons. The lowest BCUT2D eigenvalue weighted by atomic mass is 10.1. The van der Waals surface area contributed by atoms with Crippen LogP contribution in [-0.2, 0) is 0 Å². The van der Waals surface area contributed by atoms with E-state index in [9.17, 15) is 27.5 Å². The van der Waals surface area contributed by atoms with Crippen molar-refractivity contribution in [1.29, 1.82) is 0 Å². The molecule has 0 spiro atoms. The molecule has 1 amide bonds. The van der Waals surface area contributed by atoms with Gasteiger partial charge in [0, 0.05) is 31.8 Å². The van der Waals surface area contributed by atoms with Gasteiger partial charge in [0.25, 0.3) is 18.8 Å². The molecule has 1 aromatic carbocycles. The van der Waals surface area contributed by atoms with Gasteiger partial charge in [-0.1, -0.05) is 6.07 Å². The van der Waals surface area contributed by atoms with E-state index >= 15 is 0 Å². The number of halogens is 4. The second kappa shape index (κ2) is 6.15. The summed E-state index contributed by atoms with van der Waals surface area (Å²) in [7, 11) is 3.42. The summed E-state index contributed by atoms with van der Waals surface area (Å²) in [4.78, 5) is 14.0. The molecule has 9 heteroatoms. The van der Waals surface area contributed by atoms with Crippen molar-refractivity contribution in [3.8, 4) is 0 Å². The van der Waals surface area contributed by atoms with E-state index in [1.807, 2.05) is 0 Å². The zero-order chi connectivity index (χ0) is 17.4. The standard InChI is InChI=1S/C14H15F4N3O2/c1-20(2)9-5-3-4-8(6-9)12(22)21-14(23,13(17)18)7-10(19-21)11(15)16/h3-6,11,13,23H,7H2,1-2H3/t14-/m1/s1. The van der Waals surface area contributed by atoms with Gasteiger partial charge in [0.15, 0.2) is 0 Å². The van der Waals surface area contributed by atoms with Gasteiger partial charge >= 0.3 is 0 Å². The maximum Gasteiger partial charge on any atom is 0.287 e. The molecule has 1 heterocycles. The van der Waals surface area contributed by atoms with Crippen LogP contribution in [0.1, 0.15) is 16.8 Å². The molecule has 1 N–H and O–H groups in total. The fourth-order valence-corrected chi connectivity index (χ4v) is 2.14. The number of benzene rings is 1. The molecule has 1 aliphatic heterocycles. The van der Waals surface area contributed by atoms with E-state index in [1.165, 1.54) is 18.2 Å².